The van der Waals surface area contributed by atoms with E-state index < -0.39 is 0 Å². The Labute approximate surface area is 60.7 Å². The molecule has 3 N–H and O–H groups in total. The van der Waals surface area contributed by atoms with Crippen molar-refractivity contribution in [2.45, 2.75) is 13.0 Å². The van der Waals surface area contributed by atoms with E-state index in [-0.39, 0.29) is 18.5 Å². The van der Waals surface area contributed by atoms with E-state index in [2.05, 4.69) is 5.32 Å². The molecule has 0 rings (SSSR count). The highest BCUT2D eigenvalue weighted by atomic mass is 16.5. The first-order valence-electron chi connectivity index (χ1n) is 3.19. The molecule has 1 amide bonds. The highest BCUT2D eigenvalue weighted by Gasteiger charge is 2.03. The number of carbonyl (C=O) groups excluding carboxylic acids is 1. The predicted molar refractivity (Wildman–Crippen MR) is 38.5 cm³/mol. The Morgan fingerprint density at radius 1 is 1.80 bits per heavy atom. The molecule has 0 spiro atoms. The summed E-state index contributed by atoms with van der Waals surface area (Å²) in [5.74, 6) is -0.149. The molecule has 1 atom stereocenters. The van der Waals surface area contributed by atoms with Crippen LogP contribution < -0.4 is 11.1 Å². The fourth-order valence-corrected chi connectivity index (χ4v) is 0.625. The first kappa shape index (κ1) is 9.39. The highest BCUT2D eigenvalue weighted by molar-refractivity contribution is 5.77. The minimum absolute atomic E-state index is 0.0358. The lowest BCUT2D eigenvalue weighted by atomic mass is 10.3. The van der Waals surface area contributed by atoms with Crippen LogP contribution in [0.3, 0.4) is 0 Å². The molecule has 0 aliphatic heterocycles. The maximum atomic E-state index is 10.6. The molecule has 0 aromatic rings. The summed E-state index contributed by atoms with van der Waals surface area (Å²) in [6.45, 7) is 2.41. The van der Waals surface area contributed by atoms with E-state index >= 15 is 0 Å². The minimum atomic E-state index is -0.149. The molecule has 4 heteroatoms. The van der Waals surface area contributed by atoms with Crippen LogP contribution in [0.25, 0.3) is 0 Å². The summed E-state index contributed by atoms with van der Waals surface area (Å²) < 4.78 is 4.79. The van der Waals surface area contributed by atoms with Crippen molar-refractivity contribution >= 4 is 5.91 Å². The molecule has 0 fully saturated rings. The van der Waals surface area contributed by atoms with Crippen molar-refractivity contribution in [2.24, 2.45) is 5.73 Å². The lowest BCUT2D eigenvalue weighted by Gasteiger charge is -2.10. The van der Waals surface area contributed by atoms with Crippen molar-refractivity contribution < 1.29 is 9.53 Å². The fraction of sp³-hybridized carbons (Fsp3) is 0.833. The van der Waals surface area contributed by atoms with Crippen LogP contribution in [0.2, 0.25) is 0 Å². The van der Waals surface area contributed by atoms with Gasteiger partial charge < -0.3 is 15.8 Å². The highest BCUT2D eigenvalue weighted by Crippen LogP contribution is 1.80. The molecular formula is C6H14N2O2. The van der Waals surface area contributed by atoms with Crippen LogP contribution >= 0.6 is 0 Å². The first-order chi connectivity index (χ1) is 4.70. The van der Waals surface area contributed by atoms with Gasteiger partial charge in [-0.25, -0.2) is 0 Å². The normalized spacial score (nSPS) is 12.7. The van der Waals surface area contributed by atoms with E-state index in [1.54, 1.807) is 7.11 Å². The quantitative estimate of drug-likeness (QED) is 0.540. The van der Waals surface area contributed by atoms with E-state index in [0.29, 0.717) is 6.61 Å². The molecule has 0 aromatic carbocycles. The van der Waals surface area contributed by atoms with Crippen LogP contribution in [0, 0.1) is 0 Å². The van der Waals surface area contributed by atoms with Gasteiger partial charge in [-0.05, 0) is 6.92 Å². The number of rotatable bonds is 4. The molecule has 60 valence electrons. The lowest BCUT2D eigenvalue weighted by molar-refractivity contribution is -0.120. The second kappa shape index (κ2) is 5.20. The Hall–Kier alpha value is -0.610. The van der Waals surface area contributed by atoms with Gasteiger partial charge in [0.05, 0.1) is 13.2 Å². The maximum absolute atomic E-state index is 10.6. The number of hydrogen-bond acceptors (Lipinski definition) is 3. The molecule has 0 saturated carbocycles. The van der Waals surface area contributed by atoms with Gasteiger partial charge in [-0.1, -0.05) is 0 Å². The van der Waals surface area contributed by atoms with Gasteiger partial charge in [0.25, 0.3) is 0 Å². The van der Waals surface area contributed by atoms with Gasteiger partial charge in [0.15, 0.2) is 0 Å². The van der Waals surface area contributed by atoms with Crippen LogP contribution in [0.5, 0.6) is 0 Å². The van der Waals surface area contributed by atoms with Crippen LogP contribution in [0.15, 0.2) is 0 Å². The average molecular weight is 146 g/mol. The van der Waals surface area contributed by atoms with Crippen LogP contribution in [-0.2, 0) is 9.53 Å². The summed E-state index contributed by atoms with van der Waals surface area (Å²) in [5, 5.41) is 2.64. The van der Waals surface area contributed by atoms with Crippen molar-refractivity contribution in [3.63, 3.8) is 0 Å². The van der Waals surface area contributed by atoms with E-state index in [9.17, 15) is 4.79 Å². The maximum Gasteiger partial charge on any atom is 0.234 e. The zero-order valence-electron chi connectivity index (χ0n) is 6.39. The van der Waals surface area contributed by atoms with Crippen LogP contribution in [0.4, 0.5) is 0 Å². The van der Waals surface area contributed by atoms with E-state index in [1.807, 2.05) is 6.92 Å². The molecule has 0 radical (unpaired) electrons. The number of nitrogens with two attached hydrogens (primary N) is 1. The largest absolute Gasteiger partial charge is 0.383 e. The summed E-state index contributed by atoms with van der Waals surface area (Å²) in [4.78, 5) is 10.6. The molecule has 0 bridgehead atoms. The Bertz CT molecular complexity index is 106. The van der Waals surface area contributed by atoms with Gasteiger partial charge in [-0.3, -0.25) is 4.79 Å². The topological polar surface area (TPSA) is 64.3 Å². The lowest BCUT2D eigenvalue weighted by Crippen LogP contribution is -2.39. The number of nitrogens with one attached hydrogen (secondary N) is 1. The molecule has 0 aromatic heterocycles. The number of methoxy groups -OCH3 is 1. The number of amides is 1. The molecule has 0 aliphatic rings. The molecular weight excluding hydrogens is 132 g/mol. The van der Waals surface area contributed by atoms with E-state index in [1.165, 1.54) is 0 Å². The number of ether oxygens (including phenoxy) is 1. The van der Waals surface area contributed by atoms with Gasteiger partial charge in [0.2, 0.25) is 5.91 Å². The standard InChI is InChI=1S/C6H14N2O2/c1-5(4-10-2)8-6(9)3-7/h5H,3-4,7H2,1-2H3,(H,8,9). The van der Waals surface area contributed by atoms with Crippen molar-refractivity contribution in [1.29, 1.82) is 0 Å². The van der Waals surface area contributed by atoms with Crippen LogP contribution in [0.1, 0.15) is 6.92 Å². The van der Waals surface area contributed by atoms with Crippen LogP contribution in [-0.4, -0.2) is 32.2 Å². The molecule has 0 heterocycles. The molecule has 4 nitrogen and oxygen atoms in total. The fourth-order valence-electron chi connectivity index (χ4n) is 0.625. The van der Waals surface area contributed by atoms with Gasteiger partial charge in [0, 0.05) is 13.2 Å². The third kappa shape index (κ3) is 4.29. The Morgan fingerprint density at radius 2 is 2.40 bits per heavy atom. The Morgan fingerprint density at radius 3 is 2.80 bits per heavy atom. The Balaban J connectivity index is 3.37. The van der Waals surface area contributed by atoms with Gasteiger partial charge >= 0.3 is 0 Å². The summed E-state index contributed by atoms with van der Waals surface area (Å²) in [5.41, 5.74) is 5.06. The summed E-state index contributed by atoms with van der Waals surface area (Å²) >= 11 is 0. The zero-order chi connectivity index (χ0) is 7.98. The van der Waals surface area contributed by atoms with E-state index in [0.717, 1.165) is 0 Å². The average Bonchev–Trinajstić information content (AvgIpc) is 1.88. The molecule has 0 aliphatic carbocycles. The minimum Gasteiger partial charge on any atom is -0.383 e. The van der Waals surface area contributed by atoms with E-state index in [4.69, 9.17) is 10.5 Å². The van der Waals surface area contributed by atoms with Gasteiger partial charge in [-0.2, -0.15) is 0 Å². The monoisotopic (exact) mass is 146 g/mol. The number of carbonyl (C=O) groups is 1. The molecule has 0 saturated heterocycles. The first-order valence-corrected chi connectivity index (χ1v) is 3.19. The summed E-state index contributed by atoms with van der Waals surface area (Å²) in [6.07, 6.45) is 0. The third-order valence-electron chi connectivity index (χ3n) is 1.01. The van der Waals surface area contributed by atoms with Gasteiger partial charge in [0.1, 0.15) is 0 Å². The molecule has 10 heavy (non-hydrogen) atoms. The Kier molecular flexibility index (Phi) is 4.88. The van der Waals surface area contributed by atoms with Gasteiger partial charge in [-0.15, -0.1) is 0 Å². The molecule has 1 unspecified atom stereocenters. The zero-order valence-corrected chi connectivity index (χ0v) is 6.39. The van der Waals surface area contributed by atoms with Crippen molar-refractivity contribution in [2.75, 3.05) is 20.3 Å². The summed E-state index contributed by atoms with van der Waals surface area (Å²) in [6, 6.07) is 0.0426. The summed E-state index contributed by atoms with van der Waals surface area (Å²) in [7, 11) is 1.59. The second-order valence-electron chi connectivity index (χ2n) is 2.13. The van der Waals surface area contributed by atoms with Crippen molar-refractivity contribution in [1.82, 2.24) is 5.32 Å². The SMILES string of the molecule is COCC(C)NC(=O)CN. The smallest absolute Gasteiger partial charge is 0.234 e. The number of hydrogen-bond donors (Lipinski definition) is 2. The van der Waals surface area contributed by atoms with Crippen molar-refractivity contribution in [3.8, 4) is 0 Å². The second-order valence-corrected chi connectivity index (χ2v) is 2.13. The van der Waals surface area contributed by atoms with Crippen molar-refractivity contribution in [3.05, 3.63) is 0 Å². The third-order valence-corrected chi connectivity index (χ3v) is 1.01. The predicted octanol–water partition coefficient (Wildman–Crippen LogP) is -0.904.